The molecule has 5 heteroatoms. The van der Waals surface area contributed by atoms with Crippen molar-refractivity contribution in [3.8, 4) is 5.75 Å². The fraction of sp³-hybridized carbons (Fsp3) is 0.533. The topological polar surface area (TPSA) is 41.6 Å². The molecule has 2 rings (SSSR count). The van der Waals surface area contributed by atoms with Gasteiger partial charge in [-0.05, 0) is 38.1 Å². The molecule has 1 fully saturated rings. The second-order valence-electron chi connectivity index (χ2n) is 5.32. The molecule has 1 saturated heterocycles. The molecular formula is C15H21FN2O2. The Bertz CT molecular complexity index is 440. The third-order valence-corrected chi connectivity index (χ3v) is 3.31. The van der Waals surface area contributed by atoms with Gasteiger partial charge in [-0.2, -0.15) is 0 Å². The molecule has 4 nitrogen and oxygen atoms in total. The Morgan fingerprint density at radius 2 is 1.90 bits per heavy atom. The summed E-state index contributed by atoms with van der Waals surface area (Å²) in [6.07, 6.45) is 0.344. The molecule has 0 radical (unpaired) electrons. The number of carbonyl (C=O) groups excluding carboxylic acids is 1. The van der Waals surface area contributed by atoms with Crippen molar-refractivity contribution < 1.29 is 13.9 Å². The quantitative estimate of drug-likeness (QED) is 0.914. The molecule has 0 aromatic heterocycles. The fourth-order valence-electron chi connectivity index (χ4n) is 2.48. The van der Waals surface area contributed by atoms with E-state index < -0.39 is 0 Å². The van der Waals surface area contributed by atoms with E-state index in [1.165, 1.54) is 12.1 Å². The van der Waals surface area contributed by atoms with Crippen LogP contribution in [0.25, 0.3) is 0 Å². The van der Waals surface area contributed by atoms with Crippen molar-refractivity contribution >= 4 is 5.91 Å². The minimum atomic E-state index is -0.294. The second-order valence-corrected chi connectivity index (χ2v) is 5.32. The second kappa shape index (κ2) is 6.70. The van der Waals surface area contributed by atoms with Gasteiger partial charge >= 0.3 is 0 Å². The average Bonchev–Trinajstić information content (AvgIpc) is 2.40. The fourth-order valence-corrected chi connectivity index (χ4v) is 2.48. The SMILES string of the molecule is C[C@@H]1CN(C(=O)CCOc2ccc(F)cc2)C[C@H](C)N1. The first-order valence-electron chi connectivity index (χ1n) is 6.97. The third-order valence-electron chi connectivity index (χ3n) is 3.31. The van der Waals surface area contributed by atoms with Crippen molar-refractivity contribution in [1.29, 1.82) is 0 Å². The van der Waals surface area contributed by atoms with Crippen LogP contribution in [0.5, 0.6) is 5.75 Å². The van der Waals surface area contributed by atoms with Crippen molar-refractivity contribution in [3.63, 3.8) is 0 Å². The van der Waals surface area contributed by atoms with Crippen molar-refractivity contribution in [2.24, 2.45) is 0 Å². The molecule has 0 bridgehead atoms. The smallest absolute Gasteiger partial charge is 0.226 e. The summed E-state index contributed by atoms with van der Waals surface area (Å²) in [6.45, 7) is 5.94. The molecular weight excluding hydrogens is 259 g/mol. The average molecular weight is 280 g/mol. The van der Waals surface area contributed by atoms with Gasteiger partial charge in [-0.3, -0.25) is 4.79 Å². The maximum absolute atomic E-state index is 12.7. The summed E-state index contributed by atoms with van der Waals surface area (Å²) < 4.78 is 18.2. The Labute approximate surface area is 118 Å². The van der Waals surface area contributed by atoms with E-state index in [4.69, 9.17) is 4.74 Å². The van der Waals surface area contributed by atoms with Crippen molar-refractivity contribution in [3.05, 3.63) is 30.1 Å². The normalized spacial score (nSPS) is 22.6. The van der Waals surface area contributed by atoms with Gasteiger partial charge in [0.05, 0.1) is 13.0 Å². The van der Waals surface area contributed by atoms with Gasteiger partial charge in [0.1, 0.15) is 11.6 Å². The monoisotopic (exact) mass is 280 g/mol. The van der Waals surface area contributed by atoms with Gasteiger partial charge in [0.2, 0.25) is 5.91 Å². The van der Waals surface area contributed by atoms with Gasteiger partial charge < -0.3 is 15.0 Å². The zero-order chi connectivity index (χ0) is 14.5. The number of benzene rings is 1. The number of amides is 1. The van der Waals surface area contributed by atoms with Gasteiger partial charge in [0.15, 0.2) is 0 Å². The molecule has 1 aromatic rings. The lowest BCUT2D eigenvalue weighted by molar-refractivity contribution is -0.133. The molecule has 0 saturated carbocycles. The molecule has 110 valence electrons. The molecule has 1 N–H and O–H groups in total. The lowest BCUT2D eigenvalue weighted by Crippen LogP contribution is -2.56. The number of hydrogen-bond acceptors (Lipinski definition) is 3. The summed E-state index contributed by atoms with van der Waals surface area (Å²) in [7, 11) is 0. The lowest BCUT2D eigenvalue weighted by Gasteiger charge is -2.36. The van der Waals surface area contributed by atoms with Crippen LogP contribution in [0.1, 0.15) is 20.3 Å². The summed E-state index contributed by atoms with van der Waals surface area (Å²) in [4.78, 5) is 14.0. The third kappa shape index (κ3) is 4.20. The molecule has 1 amide bonds. The number of ether oxygens (including phenoxy) is 1. The molecule has 2 atom stereocenters. The van der Waals surface area contributed by atoms with E-state index in [-0.39, 0.29) is 11.7 Å². The summed E-state index contributed by atoms with van der Waals surface area (Å²) in [6, 6.07) is 6.46. The number of halogens is 1. The largest absolute Gasteiger partial charge is 0.493 e. The first kappa shape index (κ1) is 14.8. The lowest BCUT2D eigenvalue weighted by atomic mass is 10.1. The zero-order valence-electron chi connectivity index (χ0n) is 11.9. The van der Waals surface area contributed by atoms with Crippen LogP contribution < -0.4 is 10.1 Å². The van der Waals surface area contributed by atoms with E-state index in [9.17, 15) is 9.18 Å². The van der Waals surface area contributed by atoms with E-state index in [2.05, 4.69) is 19.2 Å². The van der Waals surface area contributed by atoms with Crippen LogP contribution >= 0.6 is 0 Å². The highest BCUT2D eigenvalue weighted by Crippen LogP contribution is 2.12. The van der Waals surface area contributed by atoms with Gasteiger partial charge in [0.25, 0.3) is 0 Å². The highest BCUT2D eigenvalue weighted by atomic mass is 19.1. The van der Waals surface area contributed by atoms with E-state index in [0.29, 0.717) is 30.9 Å². The number of nitrogens with zero attached hydrogens (tertiary/aromatic N) is 1. The number of rotatable bonds is 4. The highest BCUT2D eigenvalue weighted by Gasteiger charge is 2.24. The van der Waals surface area contributed by atoms with Crippen LogP contribution in [0.15, 0.2) is 24.3 Å². The Morgan fingerprint density at radius 3 is 2.50 bits per heavy atom. The molecule has 20 heavy (non-hydrogen) atoms. The maximum Gasteiger partial charge on any atom is 0.226 e. The van der Waals surface area contributed by atoms with Crippen LogP contribution in [-0.2, 0) is 4.79 Å². The van der Waals surface area contributed by atoms with E-state index in [1.54, 1.807) is 12.1 Å². The van der Waals surface area contributed by atoms with Crippen LogP contribution in [0, 0.1) is 5.82 Å². The highest BCUT2D eigenvalue weighted by molar-refractivity contribution is 5.76. The summed E-state index contributed by atoms with van der Waals surface area (Å²) in [5, 5.41) is 3.39. The van der Waals surface area contributed by atoms with Gasteiger partial charge in [0, 0.05) is 25.2 Å². The van der Waals surface area contributed by atoms with E-state index in [0.717, 1.165) is 13.1 Å². The number of carbonyl (C=O) groups is 1. The van der Waals surface area contributed by atoms with Gasteiger partial charge in [-0.15, -0.1) is 0 Å². The standard InChI is InChI=1S/C15H21FN2O2/c1-11-9-18(10-12(2)17-11)15(19)7-8-20-14-5-3-13(16)4-6-14/h3-6,11-12,17H,7-10H2,1-2H3/t11-,12+. The van der Waals surface area contributed by atoms with Crippen LogP contribution in [0.3, 0.4) is 0 Å². The van der Waals surface area contributed by atoms with Crippen LogP contribution in [0.2, 0.25) is 0 Å². The Balaban J connectivity index is 1.76. The van der Waals surface area contributed by atoms with Gasteiger partial charge in [-0.1, -0.05) is 0 Å². The Hall–Kier alpha value is -1.62. The minimum absolute atomic E-state index is 0.104. The van der Waals surface area contributed by atoms with Gasteiger partial charge in [-0.25, -0.2) is 4.39 Å². The van der Waals surface area contributed by atoms with Crippen molar-refractivity contribution in [2.45, 2.75) is 32.4 Å². The molecule has 1 aliphatic heterocycles. The van der Waals surface area contributed by atoms with E-state index in [1.807, 2.05) is 4.90 Å². The number of nitrogens with one attached hydrogen (secondary N) is 1. The Kier molecular flexibility index (Phi) is 4.95. The number of piperazine rings is 1. The number of hydrogen-bond donors (Lipinski definition) is 1. The van der Waals surface area contributed by atoms with Crippen molar-refractivity contribution in [2.75, 3.05) is 19.7 Å². The first-order valence-corrected chi connectivity index (χ1v) is 6.97. The molecule has 0 unspecified atom stereocenters. The molecule has 1 aromatic carbocycles. The zero-order valence-corrected chi connectivity index (χ0v) is 11.9. The minimum Gasteiger partial charge on any atom is -0.493 e. The first-order chi connectivity index (χ1) is 9.54. The summed E-state index contributed by atoms with van der Waals surface area (Å²) in [5.74, 6) is 0.394. The predicted molar refractivity (Wildman–Crippen MR) is 75.2 cm³/mol. The summed E-state index contributed by atoms with van der Waals surface area (Å²) in [5.41, 5.74) is 0. The molecule has 1 heterocycles. The van der Waals surface area contributed by atoms with E-state index >= 15 is 0 Å². The molecule has 0 spiro atoms. The Morgan fingerprint density at radius 1 is 1.30 bits per heavy atom. The van der Waals surface area contributed by atoms with Crippen LogP contribution in [0.4, 0.5) is 4.39 Å². The molecule has 1 aliphatic rings. The summed E-state index contributed by atoms with van der Waals surface area (Å²) >= 11 is 0. The molecule has 0 aliphatic carbocycles. The predicted octanol–water partition coefficient (Wildman–Crippen LogP) is 1.80. The van der Waals surface area contributed by atoms with Crippen LogP contribution in [-0.4, -0.2) is 42.6 Å². The maximum atomic E-state index is 12.7. The van der Waals surface area contributed by atoms with Crippen molar-refractivity contribution in [1.82, 2.24) is 10.2 Å².